The smallest absolute Gasteiger partial charge is 0.310 e. The van der Waals surface area contributed by atoms with Crippen LogP contribution in [0.1, 0.15) is 44.6 Å². The highest BCUT2D eigenvalue weighted by atomic mass is 32.2. The van der Waals surface area contributed by atoms with Gasteiger partial charge in [-0.1, -0.05) is 12.1 Å². The first-order valence-corrected chi connectivity index (χ1v) is 13.0. The minimum absolute atomic E-state index is 0.0433. The summed E-state index contributed by atoms with van der Waals surface area (Å²) in [5.41, 5.74) is 0.849. The Hall–Kier alpha value is -2.46. The van der Waals surface area contributed by atoms with Crippen molar-refractivity contribution in [3.8, 4) is 0 Å². The van der Waals surface area contributed by atoms with Gasteiger partial charge in [0.05, 0.1) is 24.0 Å². The Kier molecular flexibility index (Phi) is 8.47. The molecule has 2 fully saturated rings. The van der Waals surface area contributed by atoms with Gasteiger partial charge in [-0.2, -0.15) is 0 Å². The van der Waals surface area contributed by atoms with Gasteiger partial charge in [-0.15, -0.1) is 0 Å². The number of carbonyl (C=O) groups is 3. The van der Waals surface area contributed by atoms with E-state index >= 15 is 0 Å². The number of amides is 2. The first kappa shape index (κ1) is 25.2. The molecule has 2 amide bonds. The number of nitrogens with one attached hydrogen (secondary N) is 1. The van der Waals surface area contributed by atoms with Gasteiger partial charge in [0.1, 0.15) is 0 Å². The van der Waals surface area contributed by atoms with E-state index in [0.717, 1.165) is 24.8 Å². The molecule has 10 heteroatoms. The van der Waals surface area contributed by atoms with Gasteiger partial charge in [0.15, 0.2) is 0 Å². The Labute approximate surface area is 195 Å². The Morgan fingerprint density at radius 2 is 1.85 bits per heavy atom. The molecular formula is C23H33N3O6S. The summed E-state index contributed by atoms with van der Waals surface area (Å²) in [7, 11) is -1.90. The molecule has 1 aliphatic heterocycles. The standard InChI is InChI=1S/C23H33N3O6S/c1-3-32-23(29)18-5-4-14-26(15-18)22(28)16-25(2)21(27)13-8-17-6-11-20(12-7-17)33(30,31)24-19-9-10-19/h6-7,11-12,18-19,24H,3-5,8-10,13-16H2,1-2H3. The molecular weight excluding hydrogens is 446 g/mol. The number of hydrogen-bond donors (Lipinski definition) is 1. The van der Waals surface area contributed by atoms with Gasteiger partial charge in [-0.25, -0.2) is 13.1 Å². The predicted octanol–water partition coefficient (Wildman–Crippen LogP) is 1.32. The fourth-order valence-electron chi connectivity index (χ4n) is 3.81. The summed E-state index contributed by atoms with van der Waals surface area (Å²) in [5, 5.41) is 0. The van der Waals surface area contributed by atoms with Gasteiger partial charge in [0, 0.05) is 32.6 Å². The first-order valence-electron chi connectivity index (χ1n) is 11.5. The van der Waals surface area contributed by atoms with E-state index in [1.54, 1.807) is 43.1 Å². The van der Waals surface area contributed by atoms with E-state index in [1.165, 1.54) is 4.90 Å². The van der Waals surface area contributed by atoms with E-state index in [4.69, 9.17) is 4.74 Å². The van der Waals surface area contributed by atoms with Crippen LogP contribution in [0, 0.1) is 5.92 Å². The van der Waals surface area contributed by atoms with Crippen LogP contribution in [-0.2, 0) is 35.6 Å². The number of piperidine rings is 1. The van der Waals surface area contributed by atoms with Crippen LogP contribution in [0.15, 0.2) is 29.2 Å². The van der Waals surface area contributed by atoms with Crippen LogP contribution < -0.4 is 4.72 Å². The van der Waals surface area contributed by atoms with Crippen molar-refractivity contribution in [2.75, 3.05) is 33.3 Å². The second-order valence-electron chi connectivity index (χ2n) is 8.72. The molecule has 1 saturated carbocycles. The predicted molar refractivity (Wildman–Crippen MR) is 122 cm³/mol. The maximum Gasteiger partial charge on any atom is 0.310 e. The molecule has 182 valence electrons. The van der Waals surface area contributed by atoms with Gasteiger partial charge >= 0.3 is 5.97 Å². The maximum absolute atomic E-state index is 12.6. The molecule has 1 aromatic rings. The zero-order chi connectivity index (χ0) is 24.0. The second kappa shape index (κ2) is 11.1. The molecule has 33 heavy (non-hydrogen) atoms. The summed E-state index contributed by atoms with van der Waals surface area (Å²) < 4.78 is 32.2. The summed E-state index contributed by atoms with van der Waals surface area (Å²) >= 11 is 0. The third kappa shape index (κ3) is 7.26. The molecule has 1 unspecified atom stereocenters. The molecule has 3 rings (SSSR count). The zero-order valence-electron chi connectivity index (χ0n) is 19.3. The fraction of sp³-hybridized carbons (Fsp3) is 0.609. The summed E-state index contributed by atoms with van der Waals surface area (Å²) in [6.07, 6.45) is 3.84. The summed E-state index contributed by atoms with van der Waals surface area (Å²) in [5.74, 6) is -0.941. The number of ether oxygens (including phenoxy) is 1. The van der Waals surface area contributed by atoms with Crippen molar-refractivity contribution >= 4 is 27.8 Å². The van der Waals surface area contributed by atoms with Crippen LogP contribution in [0.5, 0.6) is 0 Å². The minimum atomic E-state index is -3.49. The lowest BCUT2D eigenvalue weighted by Crippen LogP contribution is -2.47. The number of aryl methyl sites for hydroxylation is 1. The number of likely N-dealkylation sites (N-methyl/N-ethyl adjacent to an activating group) is 1. The number of benzene rings is 1. The molecule has 0 bridgehead atoms. The van der Waals surface area contributed by atoms with Crippen LogP contribution in [0.3, 0.4) is 0 Å². The quantitative estimate of drug-likeness (QED) is 0.507. The van der Waals surface area contributed by atoms with Crippen molar-refractivity contribution in [2.45, 2.75) is 56.4 Å². The Morgan fingerprint density at radius 1 is 1.15 bits per heavy atom. The highest BCUT2D eigenvalue weighted by Crippen LogP contribution is 2.22. The van der Waals surface area contributed by atoms with Crippen LogP contribution in [0.25, 0.3) is 0 Å². The summed E-state index contributed by atoms with van der Waals surface area (Å²) in [6, 6.07) is 6.57. The minimum Gasteiger partial charge on any atom is -0.466 e. The van der Waals surface area contributed by atoms with Crippen LogP contribution >= 0.6 is 0 Å². The van der Waals surface area contributed by atoms with Gasteiger partial charge in [-0.3, -0.25) is 14.4 Å². The van der Waals surface area contributed by atoms with Gasteiger partial charge in [-0.05, 0) is 56.7 Å². The first-order chi connectivity index (χ1) is 15.7. The molecule has 0 spiro atoms. The molecule has 9 nitrogen and oxygen atoms in total. The van der Waals surface area contributed by atoms with Crippen LogP contribution in [0.4, 0.5) is 0 Å². The Balaban J connectivity index is 1.45. The number of esters is 1. The van der Waals surface area contributed by atoms with E-state index in [-0.39, 0.29) is 47.6 Å². The molecule has 1 atom stereocenters. The van der Waals surface area contributed by atoms with E-state index < -0.39 is 10.0 Å². The number of likely N-dealkylation sites (tertiary alicyclic amines) is 1. The Morgan fingerprint density at radius 3 is 2.48 bits per heavy atom. The van der Waals surface area contributed by atoms with Crippen molar-refractivity contribution in [3.05, 3.63) is 29.8 Å². The Bertz CT molecular complexity index is 959. The lowest BCUT2D eigenvalue weighted by Gasteiger charge is -2.32. The fourth-order valence-corrected chi connectivity index (χ4v) is 5.12. The molecule has 1 aromatic carbocycles. The monoisotopic (exact) mass is 479 g/mol. The maximum atomic E-state index is 12.6. The molecule has 0 radical (unpaired) electrons. The van der Waals surface area contributed by atoms with Crippen LogP contribution in [0.2, 0.25) is 0 Å². The molecule has 1 N–H and O–H groups in total. The van der Waals surface area contributed by atoms with E-state index in [9.17, 15) is 22.8 Å². The van der Waals surface area contributed by atoms with Gasteiger partial charge in [0.25, 0.3) is 0 Å². The third-order valence-corrected chi connectivity index (χ3v) is 7.49. The molecule has 0 aromatic heterocycles. The molecule has 2 aliphatic rings. The number of sulfonamides is 1. The molecule has 1 aliphatic carbocycles. The third-order valence-electron chi connectivity index (χ3n) is 5.95. The van der Waals surface area contributed by atoms with E-state index in [0.29, 0.717) is 32.5 Å². The highest BCUT2D eigenvalue weighted by molar-refractivity contribution is 7.89. The number of nitrogens with zero attached hydrogens (tertiary/aromatic N) is 2. The zero-order valence-corrected chi connectivity index (χ0v) is 20.1. The topological polar surface area (TPSA) is 113 Å². The van der Waals surface area contributed by atoms with Crippen molar-refractivity contribution in [3.63, 3.8) is 0 Å². The van der Waals surface area contributed by atoms with E-state index in [1.807, 2.05) is 0 Å². The van der Waals surface area contributed by atoms with Crippen molar-refractivity contribution in [1.82, 2.24) is 14.5 Å². The lowest BCUT2D eigenvalue weighted by atomic mass is 9.98. The van der Waals surface area contributed by atoms with Crippen LogP contribution in [-0.4, -0.2) is 75.3 Å². The highest BCUT2D eigenvalue weighted by Gasteiger charge is 2.30. The average molecular weight is 480 g/mol. The number of hydrogen-bond acceptors (Lipinski definition) is 6. The van der Waals surface area contributed by atoms with Gasteiger partial charge in [0.2, 0.25) is 21.8 Å². The van der Waals surface area contributed by atoms with Crippen molar-refractivity contribution in [2.24, 2.45) is 5.92 Å². The van der Waals surface area contributed by atoms with E-state index in [2.05, 4.69) is 4.72 Å². The second-order valence-corrected chi connectivity index (χ2v) is 10.4. The SMILES string of the molecule is CCOC(=O)C1CCCN(C(=O)CN(C)C(=O)CCc2ccc(S(=O)(=O)NC3CC3)cc2)C1. The number of rotatable bonds is 10. The molecule has 1 saturated heterocycles. The summed E-state index contributed by atoms with van der Waals surface area (Å²) in [4.78, 5) is 40.4. The summed E-state index contributed by atoms with van der Waals surface area (Å²) in [6.45, 7) is 2.92. The normalized spacial score (nSPS) is 18.6. The van der Waals surface area contributed by atoms with Gasteiger partial charge < -0.3 is 14.5 Å². The largest absolute Gasteiger partial charge is 0.466 e. The average Bonchev–Trinajstić information content (AvgIpc) is 3.61. The molecule has 1 heterocycles. The lowest BCUT2D eigenvalue weighted by molar-refractivity contribution is -0.152. The number of carbonyl (C=O) groups excluding carboxylic acids is 3. The van der Waals surface area contributed by atoms with Crippen molar-refractivity contribution in [1.29, 1.82) is 0 Å². The van der Waals surface area contributed by atoms with Crippen molar-refractivity contribution < 1.29 is 27.5 Å².